The maximum atomic E-state index is 13.7. The van der Waals surface area contributed by atoms with Gasteiger partial charge in [-0.15, -0.1) is 0 Å². The Balaban J connectivity index is 2.01. The van der Waals surface area contributed by atoms with E-state index >= 15 is 0 Å². The Morgan fingerprint density at radius 1 is 1.37 bits per heavy atom. The molecule has 1 amide bonds. The number of carbonyl (C=O) groups excluding carboxylic acids is 2. The normalized spacial score (nSPS) is 18.2. The van der Waals surface area contributed by atoms with E-state index in [-0.39, 0.29) is 35.3 Å². The molecule has 1 aliphatic rings. The third-order valence-electron chi connectivity index (χ3n) is 4.86. The Kier molecular flexibility index (Phi) is 4.82. The van der Waals surface area contributed by atoms with Crippen molar-refractivity contribution in [2.24, 2.45) is 0 Å². The van der Waals surface area contributed by atoms with Crippen LogP contribution in [0.3, 0.4) is 0 Å². The molecule has 0 unspecified atom stereocenters. The number of fused-ring (bicyclic) bond motifs is 1. The van der Waals surface area contributed by atoms with Crippen LogP contribution in [0, 0.1) is 11.6 Å². The summed E-state index contributed by atoms with van der Waals surface area (Å²) in [6, 6.07) is 2.77. The van der Waals surface area contributed by atoms with E-state index in [1.165, 1.54) is 10.6 Å². The summed E-state index contributed by atoms with van der Waals surface area (Å²) in [6.45, 7) is 3.38. The van der Waals surface area contributed by atoms with Crippen molar-refractivity contribution >= 4 is 12.2 Å². The third-order valence-corrected chi connectivity index (χ3v) is 4.86. The number of hydrogen-bond acceptors (Lipinski definition) is 4. The number of aromatic hydroxyl groups is 1. The zero-order chi connectivity index (χ0) is 19.9. The first kappa shape index (κ1) is 18.8. The predicted octanol–water partition coefficient (Wildman–Crippen LogP) is 2.64. The van der Waals surface area contributed by atoms with E-state index in [9.17, 15) is 28.3 Å². The monoisotopic (exact) mass is 376 g/mol. The lowest BCUT2D eigenvalue weighted by molar-refractivity contribution is 0.0945. The smallest absolute Gasteiger partial charge is 0.257 e. The van der Waals surface area contributed by atoms with Gasteiger partial charge in [-0.05, 0) is 25.3 Å². The van der Waals surface area contributed by atoms with Crippen LogP contribution in [0.4, 0.5) is 8.78 Å². The number of benzene rings is 1. The van der Waals surface area contributed by atoms with Gasteiger partial charge in [0.25, 0.3) is 5.91 Å². The number of rotatable bonds is 4. The Morgan fingerprint density at radius 3 is 2.70 bits per heavy atom. The predicted molar refractivity (Wildman–Crippen MR) is 93.0 cm³/mol. The summed E-state index contributed by atoms with van der Waals surface area (Å²) < 4.78 is 28.2. The lowest BCUT2D eigenvalue weighted by Gasteiger charge is -2.18. The fourth-order valence-electron chi connectivity index (χ4n) is 3.66. The van der Waals surface area contributed by atoms with Crippen LogP contribution in [0.25, 0.3) is 0 Å². The lowest BCUT2D eigenvalue weighted by atomic mass is 9.99. The fourth-order valence-corrected chi connectivity index (χ4v) is 3.66. The highest BCUT2D eigenvalue weighted by atomic mass is 19.1. The molecule has 1 aliphatic heterocycles. The van der Waals surface area contributed by atoms with Gasteiger partial charge in [0, 0.05) is 29.9 Å². The Morgan fingerprint density at radius 2 is 2.07 bits per heavy atom. The van der Waals surface area contributed by atoms with Crippen molar-refractivity contribution in [3.05, 3.63) is 62.6 Å². The largest absolute Gasteiger partial charge is 0.503 e. The van der Waals surface area contributed by atoms with Gasteiger partial charge in [0.1, 0.15) is 22.9 Å². The fraction of sp³-hybridized carbons (Fsp3) is 0.316. The molecular weight excluding hydrogens is 358 g/mol. The second-order valence-corrected chi connectivity index (χ2v) is 6.72. The molecule has 6 nitrogen and oxygen atoms in total. The second kappa shape index (κ2) is 6.94. The number of carbonyl (C=O) groups is 2. The summed E-state index contributed by atoms with van der Waals surface area (Å²) in [5, 5.41) is 12.5. The maximum Gasteiger partial charge on any atom is 0.257 e. The molecule has 2 atom stereocenters. The highest BCUT2D eigenvalue weighted by Gasteiger charge is 2.35. The number of nitrogens with zero attached hydrogens (tertiary/aromatic N) is 1. The van der Waals surface area contributed by atoms with Gasteiger partial charge in [-0.2, -0.15) is 0 Å². The summed E-state index contributed by atoms with van der Waals surface area (Å²) in [5.41, 5.74) is -0.951. The van der Waals surface area contributed by atoms with E-state index < -0.39 is 28.7 Å². The first-order valence-electron chi connectivity index (χ1n) is 8.44. The van der Waals surface area contributed by atoms with E-state index in [1.54, 1.807) is 0 Å². The van der Waals surface area contributed by atoms with Crippen LogP contribution in [0.5, 0.6) is 5.75 Å². The minimum absolute atomic E-state index is 0.0525. The van der Waals surface area contributed by atoms with Crippen LogP contribution < -0.4 is 10.7 Å². The molecule has 142 valence electrons. The molecule has 8 heteroatoms. The quantitative estimate of drug-likeness (QED) is 0.803. The van der Waals surface area contributed by atoms with Gasteiger partial charge in [0.05, 0.1) is 0 Å². The van der Waals surface area contributed by atoms with Crippen LogP contribution >= 0.6 is 0 Å². The Hall–Kier alpha value is -3.03. The first-order valence-corrected chi connectivity index (χ1v) is 8.44. The summed E-state index contributed by atoms with van der Waals surface area (Å²) in [4.78, 5) is 36.5. The van der Waals surface area contributed by atoms with E-state index in [1.807, 2.05) is 13.8 Å². The molecule has 0 fully saturated rings. The van der Waals surface area contributed by atoms with Crippen LogP contribution in [0.15, 0.2) is 23.0 Å². The lowest BCUT2D eigenvalue weighted by Crippen LogP contribution is -2.32. The average Bonchev–Trinajstić information content (AvgIpc) is 2.89. The van der Waals surface area contributed by atoms with E-state index in [0.717, 1.165) is 6.07 Å². The van der Waals surface area contributed by atoms with E-state index in [4.69, 9.17) is 0 Å². The zero-order valence-corrected chi connectivity index (χ0v) is 14.8. The molecule has 2 heterocycles. The number of aldehydes is 1. The molecule has 0 spiro atoms. The minimum atomic E-state index is -0.943. The molecule has 0 saturated heterocycles. The Bertz CT molecular complexity index is 1000. The standard InChI is InChI=1S/C19H18F2N2O4/c1-9-5-10(2)23-14(8-24)17(25)18(26)15(16(9)23)19(27)22-7-11-3-4-12(20)6-13(11)21/h3-4,6,8-10,25H,5,7H2,1-2H3,(H,22,27)/t9-,10-/m0/s1. The van der Waals surface area contributed by atoms with E-state index in [2.05, 4.69) is 5.32 Å². The minimum Gasteiger partial charge on any atom is -0.503 e. The molecule has 1 aromatic heterocycles. The van der Waals surface area contributed by atoms with Crippen molar-refractivity contribution in [3.63, 3.8) is 0 Å². The van der Waals surface area contributed by atoms with Gasteiger partial charge >= 0.3 is 0 Å². The van der Waals surface area contributed by atoms with Crippen molar-refractivity contribution in [3.8, 4) is 5.75 Å². The summed E-state index contributed by atoms with van der Waals surface area (Å²) in [6.07, 6.45) is 0.987. The number of halogens is 2. The number of aromatic nitrogens is 1. The van der Waals surface area contributed by atoms with E-state index in [0.29, 0.717) is 24.5 Å². The molecule has 0 saturated carbocycles. The molecule has 3 rings (SSSR count). The third kappa shape index (κ3) is 3.11. The topological polar surface area (TPSA) is 88.4 Å². The van der Waals surface area contributed by atoms with Crippen molar-refractivity contribution in [2.45, 2.75) is 38.8 Å². The van der Waals surface area contributed by atoms with Gasteiger partial charge < -0.3 is 15.0 Å². The number of nitrogens with one attached hydrogen (secondary N) is 1. The molecule has 2 N–H and O–H groups in total. The van der Waals surface area contributed by atoms with Crippen molar-refractivity contribution in [1.82, 2.24) is 9.88 Å². The van der Waals surface area contributed by atoms with Crippen molar-refractivity contribution in [1.29, 1.82) is 0 Å². The summed E-state index contributed by atoms with van der Waals surface area (Å²) >= 11 is 0. The highest BCUT2D eigenvalue weighted by molar-refractivity contribution is 5.97. The first-order chi connectivity index (χ1) is 12.8. The van der Waals surface area contributed by atoms with Gasteiger partial charge in [0.2, 0.25) is 5.43 Å². The second-order valence-electron chi connectivity index (χ2n) is 6.72. The van der Waals surface area contributed by atoms with Crippen LogP contribution in [-0.4, -0.2) is 21.9 Å². The van der Waals surface area contributed by atoms with Crippen LogP contribution in [-0.2, 0) is 6.54 Å². The zero-order valence-electron chi connectivity index (χ0n) is 14.8. The van der Waals surface area contributed by atoms with Crippen LogP contribution in [0.1, 0.15) is 64.3 Å². The SMILES string of the molecule is C[C@H]1C[C@H](C)n2c(C=O)c(O)c(=O)c(C(=O)NCc3ccc(F)cc3F)c21. The highest BCUT2D eigenvalue weighted by Crippen LogP contribution is 2.39. The molecule has 1 aromatic carbocycles. The van der Waals surface area contributed by atoms with Crippen molar-refractivity contribution < 1.29 is 23.5 Å². The Labute approximate surface area is 153 Å². The van der Waals surface area contributed by atoms with Gasteiger partial charge in [0.15, 0.2) is 12.0 Å². The molecular formula is C19H18F2N2O4. The van der Waals surface area contributed by atoms with Crippen LogP contribution in [0.2, 0.25) is 0 Å². The maximum absolute atomic E-state index is 13.7. The average molecular weight is 376 g/mol. The molecule has 0 bridgehead atoms. The summed E-state index contributed by atoms with van der Waals surface area (Å²) in [7, 11) is 0. The van der Waals surface area contributed by atoms with Crippen molar-refractivity contribution in [2.75, 3.05) is 0 Å². The van der Waals surface area contributed by atoms with Gasteiger partial charge in [-0.3, -0.25) is 14.4 Å². The number of pyridine rings is 1. The van der Waals surface area contributed by atoms with Gasteiger partial charge in [-0.25, -0.2) is 8.78 Å². The summed E-state index contributed by atoms with van der Waals surface area (Å²) in [5.74, 6) is -3.32. The molecule has 27 heavy (non-hydrogen) atoms. The number of hydrogen-bond donors (Lipinski definition) is 2. The molecule has 0 radical (unpaired) electrons. The molecule has 0 aliphatic carbocycles. The molecule has 2 aromatic rings. The number of amides is 1. The van der Waals surface area contributed by atoms with Gasteiger partial charge in [-0.1, -0.05) is 13.0 Å².